The molecule has 0 N–H and O–H groups in total. The molecule has 1 nitrogen and oxygen atoms in total. The van der Waals surface area contributed by atoms with Crippen molar-refractivity contribution >= 4 is 0 Å². The van der Waals surface area contributed by atoms with E-state index in [0.29, 0.717) is 0 Å². The maximum Gasteiger partial charge on any atom is 0.135 e. The van der Waals surface area contributed by atoms with Gasteiger partial charge in [0.25, 0.3) is 0 Å². The third-order valence-electron chi connectivity index (χ3n) is 3.30. The molecule has 0 saturated carbocycles. The SMILES string of the molecule is [CH2]OC#CCCCCCCCCCCCCCC. The van der Waals surface area contributed by atoms with Gasteiger partial charge in [-0.1, -0.05) is 83.5 Å². The van der Waals surface area contributed by atoms with Gasteiger partial charge < -0.3 is 4.74 Å². The molecule has 18 heavy (non-hydrogen) atoms. The van der Waals surface area contributed by atoms with Crippen LogP contribution in [0.2, 0.25) is 0 Å². The van der Waals surface area contributed by atoms with Gasteiger partial charge in [0, 0.05) is 6.42 Å². The first kappa shape index (κ1) is 17.4. The van der Waals surface area contributed by atoms with Gasteiger partial charge >= 0.3 is 0 Å². The average Bonchev–Trinajstić information content (AvgIpc) is 2.39. The molecule has 0 saturated heterocycles. The highest BCUT2D eigenvalue weighted by molar-refractivity contribution is 4.90. The van der Waals surface area contributed by atoms with Gasteiger partial charge in [0.15, 0.2) is 0 Å². The van der Waals surface area contributed by atoms with Crippen LogP contribution in [0, 0.1) is 19.1 Å². The summed E-state index contributed by atoms with van der Waals surface area (Å²) < 4.78 is 4.44. The van der Waals surface area contributed by atoms with Crippen LogP contribution in [0.5, 0.6) is 0 Å². The summed E-state index contributed by atoms with van der Waals surface area (Å²) in [5.41, 5.74) is 0. The van der Waals surface area contributed by atoms with Crippen molar-refractivity contribution in [1.82, 2.24) is 0 Å². The molecule has 0 atom stereocenters. The zero-order chi connectivity index (χ0) is 13.3. The summed E-state index contributed by atoms with van der Waals surface area (Å²) in [5.74, 6) is 2.94. The van der Waals surface area contributed by atoms with Crippen molar-refractivity contribution in [2.75, 3.05) is 0 Å². The molecule has 1 heteroatoms. The van der Waals surface area contributed by atoms with Crippen molar-refractivity contribution in [3.05, 3.63) is 7.11 Å². The minimum atomic E-state index is 0.951. The molecule has 0 rings (SSSR count). The van der Waals surface area contributed by atoms with E-state index in [0.717, 1.165) is 6.42 Å². The van der Waals surface area contributed by atoms with E-state index in [1.807, 2.05) is 0 Å². The number of hydrogen-bond acceptors (Lipinski definition) is 1. The van der Waals surface area contributed by atoms with Crippen molar-refractivity contribution in [2.45, 2.75) is 90.4 Å². The minimum Gasteiger partial charge on any atom is -0.443 e. The molecular formula is C17H31O. The molecule has 0 heterocycles. The quantitative estimate of drug-likeness (QED) is 0.312. The fraction of sp³-hybridized carbons (Fsp3) is 0.824. The zero-order valence-electron chi connectivity index (χ0n) is 12.3. The van der Waals surface area contributed by atoms with Crippen LogP contribution >= 0.6 is 0 Å². The summed E-state index contributed by atoms with van der Waals surface area (Å²) in [6.07, 6.45) is 20.1. The van der Waals surface area contributed by atoms with Crippen LogP contribution in [-0.2, 0) is 4.74 Å². The summed E-state index contributed by atoms with van der Waals surface area (Å²) in [5, 5.41) is 0. The van der Waals surface area contributed by atoms with E-state index in [4.69, 9.17) is 0 Å². The van der Waals surface area contributed by atoms with Crippen molar-refractivity contribution in [2.24, 2.45) is 0 Å². The van der Waals surface area contributed by atoms with Crippen molar-refractivity contribution in [3.8, 4) is 12.0 Å². The molecule has 105 valence electrons. The molecular weight excluding hydrogens is 220 g/mol. The standard InChI is InChI=1S/C17H31O/c1-3-4-5-6-7-8-9-10-11-12-13-14-15-16-17-18-2/h2-15H2,1H3. The Kier molecular flexibility index (Phi) is 15.8. The van der Waals surface area contributed by atoms with Gasteiger partial charge in [0.1, 0.15) is 13.2 Å². The summed E-state index contributed by atoms with van der Waals surface area (Å²) >= 11 is 0. The van der Waals surface area contributed by atoms with Crippen LogP contribution in [0.1, 0.15) is 90.4 Å². The Balaban J connectivity index is 2.94. The van der Waals surface area contributed by atoms with E-state index in [-0.39, 0.29) is 0 Å². The molecule has 0 spiro atoms. The Morgan fingerprint density at radius 3 is 1.61 bits per heavy atom. The van der Waals surface area contributed by atoms with Gasteiger partial charge in [0.05, 0.1) is 0 Å². The van der Waals surface area contributed by atoms with Gasteiger partial charge in [-0.05, 0) is 6.42 Å². The Morgan fingerprint density at radius 1 is 0.722 bits per heavy atom. The second kappa shape index (κ2) is 16.4. The fourth-order valence-electron chi connectivity index (χ4n) is 2.16. The predicted molar refractivity (Wildman–Crippen MR) is 79.9 cm³/mol. The van der Waals surface area contributed by atoms with Crippen LogP contribution in [0.3, 0.4) is 0 Å². The van der Waals surface area contributed by atoms with Crippen LogP contribution in [0.15, 0.2) is 0 Å². The van der Waals surface area contributed by atoms with Gasteiger partial charge in [0.2, 0.25) is 0 Å². The summed E-state index contributed by atoms with van der Waals surface area (Å²) in [6, 6.07) is 0. The molecule has 0 aromatic heterocycles. The Bertz CT molecular complexity index is 199. The lowest BCUT2D eigenvalue weighted by Gasteiger charge is -2.01. The van der Waals surface area contributed by atoms with Crippen molar-refractivity contribution in [3.63, 3.8) is 0 Å². The Morgan fingerprint density at radius 2 is 1.17 bits per heavy atom. The minimum absolute atomic E-state index is 0.951. The van der Waals surface area contributed by atoms with E-state index in [1.54, 1.807) is 0 Å². The monoisotopic (exact) mass is 251 g/mol. The number of hydrogen-bond donors (Lipinski definition) is 0. The van der Waals surface area contributed by atoms with E-state index in [9.17, 15) is 0 Å². The summed E-state index contributed by atoms with van der Waals surface area (Å²) in [4.78, 5) is 0. The number of rotatable bonds is 12. The fourth-order valence-corrected chi connectivity index (χ4v) is 2.16. The molecule has 0 aliphatic heterocycles. The first-order chi connectivity index (χ1) is 8.91. The lowest BCUT2D eigenvalue weighted by molar-refractivity contribution is 0.430. The maximum atomic E-state index is 4.44. The van der Waals surface area contributed by atoms with Gasteiger partial charge in [-0.2, -0.15) is 0 Å². The third kappa shape index (κ3) is 15.4. The van der Waals surface area contributed by atoms with Crippen molar-refractivity contribution in [1.29, 1.82) is 0 Å². The molecule has 1 radical (unpaired) electrons. The molecule has 0 aromatic carbocycles. The molecule has 0 fully saturated rings. The van der Waals surface area contributed by atoms with Gasteiger partial charge in [-0.25, -0.2) is 0 Å². The van der Waals surface area contributed by atoms with Gasteiger partial charge in [-0.3, -0.25) is 0 Å². The third-order valence-corrected chi connectivity index (χ3v) is 3.30. The number of unbranched alkanes of at least 4 members (excludes halogenated alkanes) is 12. The summed E-state index contributed by atoms with van der Waals surface area (Å²) in [7, 11) is 3.21. The highest BCUT2D eigenvalue weighted by atomic mass is 16.5. The highest BCUT2D eigenvalue weighted by Gasteiger charge is 1.92. The lowest BCUT2D eigenvalue weighted by Crippen LogP contribution is -1.82. The second-order valence-corrected chi connectivity index (χ2v) is 5.06. The van der Waals surface area contributed by atoms with Crippen LogP contribution in [0.25, 0.3) is 0 Å². The van der Waals surface area contributed by atoms with E-state index >= 15 is 0 Å². The molecule has 0 unspecified atom stereocenters. The normalized spacial score (nSPS) is 9.89. The predicted octanol–water partition coefficient (Wildman–Crippen LogP) is 5.85. The first-order valence-corrected chi connectivity index (χ1v) is 7.80. The second-order valence-electron chi connectivity index (χ2n) is 5.06. The highest BCUT2D eigenvalue weighted by Crippen LogP contribution is 2.12. The largest absolute Gasteiger partial charge is 0.443 e. The molecule has 0 bridgehead atoms. The van der Waals surface area contributed by atoms with E-state index in [1.165, 1.54) is 77.0 Å². The van der Waals surface area contributed by atoms with Crippen LogP contribution in [0.4, 0.5) is 0 Å². The zero-order valence-corrected chi connectivity index (χ0v) is 12.3. The van der Waals surface area contributed by atoms with Crippen LogP contribution < -0.4 is 0 Å². The average molecular weight is 251 g/mol. The molecule has 0 aliphatic rings. The number of ether oxygens (including phenoxy) is 1. The van der Waals surface area contributed by atoms with Gasteiger partial charge in [-0.15, -0.1) is 0 Å². The van der Waals surface area contributed by atoms with E-state index in [2.05, 4.69) is 30.8 Å². The lowest BCUT2D eigenvalue weighted by atomic mass is 10.0. The molecule has 0 aromatic rings. The van der Waals surface area contributed by atoms with E-state index < -0.39 is 0 Å². The van der Waals surface area contributed by atoms with Crippen molar-refractivity contribution < 1.29 is 4.74 Å². The van der Waals surface area contributed by atoms with Crippen LogP contribution in [-0.4, -0.2) is 0 Å². The maximum absolute atomic E-state index is 4.44. The Hall–Kier alpha value is -0.640. The summed E-state index contributed by atoms with van der Waals surface area (Å²) in [6.45, 7) is 2.28. The molecule has 0 amide bonds. The molecule has 0 aliphatic carbocycles. The first-order valence-electron chi connectivity index (χ1n) is 7.80. The Labute approximate surface area is 115 Å². The smallest absolute Gasteiger partial charge is 0.135 e. The topological polar surface area (TPSA) is 9.23 Å².